The summed E-state index contributed by atoms with van der Waals surface area (Å²) in [6, 6.07) is -1.00. The Kier molecular flexibility index (Phi) is 11.1. The Balaban J connectivity index is 0. The number of aliphatic carboxylic acids is 1. The molecule has 0 saturated heterocycles. The second-order valence-corrected chi connectivity index (χ2v) is 5.86. The van der Waals surface area contributed by atoms with E-state index in [0.717, 1.165) is 5.69 Å². The number of nitrogens with zero attached hydrogens (tertiary/aromatic N) is 2. The number of carbonyl (C=O) groups excluding carboxylic acids is 1. The van der Waals surface area contributed by atoms with Crippen LogP contribution in [-0.4, -0.2) is 44.3 Å². The summed E-state index contributed by atoms with van der Waals surface area (Å²) in [5.41, 5.74) is 5.48. The molecular weight excluding hydrogens is 311 g/mol. The topological polar surface area (TPSA) is 157 Å². The van der Waals surface area contributed by atoms with Crippen LogP contribution in [0.1, 0.15) is 39.3 Å². The Morgan fingerprint density at radius 2 is 1.96 bits per heavy atom. The van der Waals surface area contributed by atoms with Crippen molar-refractivity contribution in [3.8, 4) is 0 Å². The molecule has 10 heteroatoms. The van der Waals surface area contributed by atoms with E-state index in [1.54, 1.807) is 27.0 Å². The van der Waals surface area contributed by atoms with E-state index < -0.39 is 23.7 Å². The van der Waals surface area contributed by atoms with Crippen molar-refractivity contribution in [1.82, 2.24) is 15.3 Å². The van der Waals surface area contributed by atoms with Gasteiger partial charge in [0, 0.05) is 0 Å². The number of nitrogens with two attached hydrogens (primary N) is 1. The van der Waals surface area contributed by atoms with Crippen molar-refractivity contribution < 1.29 is 43.8 Å². The number of nitrogens with one attached hydrogen (secondary N) is 1. The second kappa shape index (κ2) is 10.9. The van der Waals surface area contributed by atoms with E-state index in [0.29, 0.717) is 18.7 Å². The number of nitrogen functional groups attached to an aromatic ring is 1. The van der Waals surface area contributed by atoms with Crippen molar-refractivity contribution in [2.24, 2.45) is 0 Å². The molecule has 24 heavy (non-hydrogen) atoms. The molecular formula is C14H23LiN4O5. The number of ether oxygens (including phenoxy) is 1. The van der Waals surface area contributed by atoms with Crippen molar-refractivity contribution in [3.05, 3.63) is 18.1 Å². The Labute approximate surface area is 152 Å². The van der Waals surface area contributed by atoms with Gasteiger partial charge in [0.1, 0.15) is 17.5 Å². The zero-order chi connectivity index (χ0) is 16.8. The van der Waals surface area contributed by atoms with E-state index in [2.05, 4.69) is 15.3 Å². The molecule has 1 atom stereocenters. The number of aryl methyl sites for hydroxylation is 1. The molecule has 1 aromatic heterocycles. The summed E-state index contributed by atoms with van der Waals surface area (Å²) in [5, 5.41) is 11.5. The van der Waals surface area contributed by atoms with Gasteiger partial charge < -0.3 is 26.4 Å². The molecule has 0 saturated carbocycles. The number of amides is 1. The summed E-state index contributed by atoms with van der Waals surface area (Å²) in [5.74, 6) is -0.770. The number of anilines is 1. The average Bonchev–Trinajstić information content (AvgIpc) is 2.37. The van der Waals surface area contributed by atoms with Gasteiger partial charge >= 0.3 is 30.9 Å². The first-order valence-electron chi connectivity index (χ1n) is 6.96. The molecule has 0 unspecified atom stereocenters. The molecule has 9 nitrogen and oxygen atoms in total. The van der Waals surface area contributed by atoms with Gasteiger partial charge in [0.2, 0.25) is 0 Å². The molecule has 0 bridgehead atoms. The zero-order valence-electron chi connectivity index (χ0n) is 14.4. The molecule has 0 spiro atoms. The summed E-state index contributed by atoms with van der Waals surface area (Å²) in [6.07, 6.45) is 3.60. The number of alkyl carbamates (subject to hydrolysis) is 1. The third-order valence-electron chi connectivity index (χ3n) is 2.64. The minimum Gasteiger partial charge on any atom is -0.870 e. The van der Waals surface area contributed by atoms with Gasteiger partial charge in [-0.3, -0.25) is 4.98 Å². The fourth-order valence-corrected chi connectivity index (χ4v) is 1.69. The first-order chi connectivity index (χ1) is 10.2. The Hall–Kier alpha value is -1.82. The minimum atomic E-state index is -1.10. The molecule has 0 aromatic carbocycles. The molecule has 0 aliphatic carbocycles. The van der Waals surface area contributed by atoms with E-state index >= 15 is 0 Å². The number of aromatic nitrogens is 2. The molecule has 0 fully saturated rings. The zero-order valence-corrected chi connectivity index (χ0v) is 14.4. The number of carboxylic acids is 1. The number of rotatable bonds is 6. The first kappa shape index (κ1) is 24.4. The predicted octanol–water partition coefficient (Wildman–Crippen LogP) is -1.81. The molecule has 1 aromatic rings. The van der Waals surface area contributed by atoms with E-state index in [1.807, 2.05) is 0 Å². The van der Waals surface area contributed by atoms with E-state index in [-0.39, 0.29) is 30.8 Å². The van der Waals surface area contributed by atoms with Crippen LogP contribution in [-0.2, 0) is 16.0 Å². The van der Waals surface area contributed by atoms with Crippen molar-refractivity contribution in [3.63, 3.8) is 0 Å². The van der Waals surface area contributed by atoms with Crippen LogP contribution in [0.4, 0.5) is 10.6 Å². The summed E-state index contributed by atoms with van der Waals surface area (Å²) in [4.78, 5) is 30.8. The third-order valence-corrected chi connectivity index (χ3v) is 2.64. The summed E-state index contributed by atoms with van der Waals surface area (Å²) in [7, 11) is 0. The van der Waals surface area contributed by atoms with Crippen LogP contribution in [0.5, 0.6) is 0 Å². The molecule has 0 aliphatic heterocycles. The van der Waals surface area contributed by atoms with Gasteiger partial charge in [-0.05, 0) is 40.0 Å². The standard InChI is InChI=1S/C14H22N4O4.Li.H2O/c1-14(2,3)22-13(21)18-10(12(19)20)6-4-5-9-7-17-11(15)8-16-9;;/h7-8,10H,4-6H2,1-3H3,(H2,15,17)(H,18,21)(H,19,20);;1H2/q;+1;/p-1/t10-;;/m0../s1. The van der Waals surface area contributed by atoms with Gasteiger partial charge in [-0.1, -0.05) is 0 Å². The quantitative estimate of drug-likeness (QED) is 0.513. The molecule has 5 N–H and O–H groups in total. The van der Waals surface area contributed by atoms with Crippen LogP contribution >= 0.6 is 0 Å². The number of carboxylic acid groups (broad SMARTS) is 1. The number of carbonyl (C=O) groups is 2. The predicted molar refractivity (Wildman–Crippen MR) is 82.1 cm³/mol. The monoisotopic (exact) mass is 334 g/mol. The SMILES string of the molecule is CC(C)(C)OC(=O)N[C@@H](CCCc1cnc(N)cn1)C(=O)O.[Li+].[OH-]. The number of hydrogen-bond acceptors (Lipinski definition) is 7. The van der Waals surface area contributed by atoms with Crippen LogP contribution < -0.4 is 29.9 Å². The maximum Gasteiger partial charge on any atom is 1.00 e. The van der Waals surface area contributed by atoms with Crippen LogP contribution in [0.2, 0.25) is 0 Å². The maximum absolute atomic E-state index is 11.6. The van der Waals surface area contributed by atoms with Crippen LogP contribution in [0.15, 0.2) is 12.4 Å². The minimum absolute atomic E-state index is 0. The van der Waals surface area contributed by atoms with Crippen molar-refractivity contribution in [2.75, 3.05) is 5.73 Å². The van der Waals surface area contributed by atoms with Crippen molar-refractivity contribution >= 4 is 17.9 Å². The van der Waals surface area contributed by atoms with Gasteiger partial charge in [0.25, 0.3) is 0 Å². The maximum atomic E-state index is 11.6. The molecule has 1 amide bonds. The fourth-order valence-electron chi connectivity index (χ4n) is 1.69. The molecule has 0 aliphatic rings. The van der Waals surface area contributed by atoms with Gasteiger partial charge in [0.15, 0.2) is 0 Å². The van der Waals surface area contributed by atoms with Crippen LogP contribution in [0.3, 0.4) is 0 Å². The summed E-state index contributed by atoms with van der Waals surface area (Å²) >= 11 is 0. The van der Waals surface area contributed by atoms with Gasteiger partial charge in [-0.2, -0.15) is 0 Å². The van der Waals surface area contributed by atoms with E-state index in [4.69, 9.17) is 15.6 Å². The fraction of sp³-hybridized carbons (Fsp3) is 0.571. The summed E-state index contributed by atoms with van der Waals surface area (Å²) < 4.78 is 5.05. The Morgan fingerprint density at radius 1 is 1.33 bits per heavy atom. The van der Waals surface area contributed by atoms with E-state index in [9.17, 15) is 9.59 Å². The molecule has 1 heterocycles. The van der Waals surface area contributed by atoms with Crippen molar-refractivity contribution in [2.45, 2.75) is 51.7 Å². The van der Waals surface area contributed by atoms with E-state index in [1.165, 1.54) is 6.20 Å². The molecule has 0 radical (unpaired) electrons. The smallest absolute Gasteiger partial charge is 0.870 e. The Morgan fingerprint density at radius 3 is 2.42 bits per heavy atom. The third kappa shape index (κ3) is 10.0. The largest absolute Gasteiger partial charge is 1.00 e. The van der Waals surface area contributed by atoms with Crippen LogP contribution in [0.25, 0.3) is 0 Å². The van der Waals surface area contributed by atoms with Crippen LogP contribution in [0, 0.1) is 0 Å². The normalized spacial score (nSPS) is 11.5. The number of hydrogen-bond donors (Lipinski definition) is 3. The Bertz CT molecular complexity index is 519. The molecule has 130 valence electrons. The second-order valence-electron chi connectivity index (χ2n) is 5.86. The van der Waals surface area contributed by atoms with Crippen molar-refractivity contribution in [1.29, 1.82) is 0 Å². The summed E-state index contributed by atoms with van der Waals surface area (Å²) in [6.45, 7) is 5.13. The molecule has 1 rings (SSSR count). The average molecular weight is 334 g/mol. The van der Waals surface area contributed by atoms with Gasteiger partial charge in [-0.15, -0.1) is 0 Å². The van der Waals surface area contributed by atoms with Gasteiger partial charge in [-0.25, -0.2) is 14.6 Å². The first-order valence-corrected chi connectivity index (χ1v) is 6.96. The van der Waals surface area contributed by atoms with Gasteiger partial charge in [0.05, 0.1) is 18.1 Å².